The zero-order valence-corrected chi connectivity index (χ0v) is 25.5. The molecule has 41 heavy (non-hydrogen) atoms. The number of hydrogen-bond acceptors (Lipinski definition) is 6. The first-order valence-electron chi connectivity index (χ1n) is 15.2. The molecule has 4 unspecified atom stereocenters. The summed E-state index contributed by atoms with van der Waals surface area (Å²) in [6.45, 7) is 13.6. The van der Waals surface area contributed by atoms with Crippen molar-refractivity contribution in [2.24, 2.45) is 16.8 Å². The van der Waals surface area contributed by atoms with Crippen LogP contribution in [0, 0.1) is 11.8 Å². The fraction of sp³-hybridized carbons (Fsp3) is 0.562. The van der Waals surface area contributed by atoms with Gasteiger partial charge in [0, 0.05) is 49.4 Å². The molecule has 0 saturated carbocycles. The molecule has 2 aromatic rings. The topological polar surface area (TPSA) is 104 Å². The third-order valence-electron chi connectivity index (χ3n) is 8.41. The number of allylic oxidation sites excluding steroid dienone is 3. The number of hydrogen-bond donors (Lipinski definition) is 3. The van der Waals surface area contributed by atoms with Crippen molar-refractivity contribution < 1.29 is 9.59 Å². The monoisotopic (exact) mass is 561 g/mol. The first-order valence-corrected chi connectivity index (χ1v) is 15.2. The lowest BCUT2D eigenvalue weighted by Crippen LogP contribution is -2.44. The number of nitrogens with one attached hydrogen (secondary N) is 3. The highest BCUT2D eigenvalue weighted by Crippen LogP contribution is 2.29. The highest BCUT2D eigenvalue weighted by Gasteiger charge is 2.31. The van der Waals surface area contributed by atoms with Crippen LogP contribution >= 0.6 is 0 Å². The molecule has 0 spiro atoms. The Morgan fingerprint density at radius 2 is 2.07 bits per heavy atom. The molecular weight excluding hydrogens is 514 g/mol. The van der Waals surface area contributed by atoms with Gasteiger partial charge in [0.2, 0.25) is 5.91 Å². The predicted octanol–water partition coefficient (Wildman–Crippen LogP) is 4.53. The van der Waals surface area contributed by atoms with E-state index in [4.69, 9.17) is 4.99 Å². The molecule has 0 aliphatic carbocycles. The number of carbonyl (C=O) groups is 2. The summed E-state index contributed by atoms with van der Waals surface area (Å²) in [6, 6.07) is 4.25. The lowest BCUT2D eigenvalue weighted by Gasteiger charge is -2.29. The second kappa shape index (κ2) is 14.0. The number of fused-ring (bicyclic) bond motifs is 1. The zero-order chi connectivity index (χ0) is 29.5. The Morgan fingerprint density at radius 3 is 2.76 bits per heavy atom. The third kappa shape index (κ3) is 7.32. The van der Waals surface area contributed by atoms with Gasteiger partial charge in [0.1, 0.15) is 6.17 Å². The normalized spacial score (nSPS) is 21.5. The number of amides is 2. The van der Waals surface area contributed by atoms with E-state index < -0.39 is 0 Å². The van der Waals surface area contributed by atoms with Crippen LogP contribution in [0.2, 0.25) is 0 Å². The molecule has 2 aliphatic rings. The van der Waals surface area contributed by atoms with Crippen molar-refractivity contribution in [2.75, 3.05) is 33.2 Å². The molecule has 1 aromatic heterocycles. The summed E-state index contributed by atoms with van der Waals surface area (Å²) in [6.07, 6.45) is 11.7. The zero-order valence-electron chi connectivity index (χ0n) is 25.5. The fourth-order valence-corrected chi connectivity index (χ4v) is 5.58. The fourth-order valence-electron chi connectivity index (χ4n) is 5.58. The highest BCUT2D eigenvalue weighted by molar-refractivity contribution is 6.14. The molecule has 0 radical (unpaired) electrons. The molecule has 0 fully saturated rings. The molecule has 1 aromatic carbocycles. The minimum Gasteiger partial charge on any atom is -0.351 e. The minimum atomic E-state index is -0.293. The van der Waals surface area contributed by atoms with E-state index in [0.29, 0.717) is 5.56 Å². The molecule has 2 aliphatic heterocycles. The molecule has 2 amide bonds. The molecule has 222 valence electrons. The number of benzene rings is 1. The van der Waals surface area contributed by atoms with Gasteiger partial charge in [0.25, 0.3) is 5.91 Å². The number of aromatic nitrogens is 2. The summed E-state index contributed by atoms with van der Waals surface area (Å²) in [7, 11) is 2.11. The maximum atomic E-state index is 13.7. The molecule has 0 bridgehead atoms. The standard InChI is InChI=1S/C32H47N7O2/c1-7-10-23-15-21(4)37-32(41)27(23)19-35-31(40)26-16-25(17-29-28(26)20-36-39(29)22(5)8-2)24-11-12-30(34-18-24)33-13-14-38(6)9-3/h11,15-18,20,22-23,27,30,33H,7-10,12-14,19H2,1-6H3,(H,35,40)(H,37,41). The molecule has 9 heteroatoms. The molecule has 3 heterocycles. The summed E-state index contributed by atoms with van der Waals surface area (Å²) >= 11 is 0. The van der Waals surface area contributed by atoms with E-state index in [-0.39, 0.29) is 42.4 Å². The maximum Gasteiger partial charge on any atom is 0.252 e. The summed E-state index contributed by atoms with van der Waals surface area (Å²) in [4.78, 5) is 33.6. The van der Waals surface area contributed by atoms with Crippen LogP contribution in [0.5, 0.6) is 0 Å². The molecule has 9 nitrogen and oxygen atoms in total. The van der Waals surface area contributed by atoms with Gasteiger partial charge >= 0.3 is 0 Å². The summed E-state index contributed by atoms with van der Waals surface area (Å²) in [5.41, 5.74) is 4.32. The largest absolute Gasteiger partial charge is 0.351 e. The second-order valence-electron chi connectivity index (χ2n) is 11.5. The van der Waals surface area contributed by atoms with Crippen LogP contribution in [0.25, 0.3) is 16.5 Å². The van der Waals surface area contributed by atoms with Gasteiger partial charge in [-0.05, 0) is 69.5 Å². The van der Waals surface area contributed by atoms with Crippen LogP contribution in [-0.2, 0) is 4.79 Å². The number of rotatable bonds is 13. The third-order valence-corrected chi connectivity index (χ3v) is 8.41. The van der Waals surface area contributed by atoms with Crippen LogP contribution < -0.4 is 16.0 Å². The molecule has 0 saturated heterocycles. The van der Waals surface area contributed by atoms with Crippen LogP contribution in [0.3, 0.4) is 0 Å². The Morgan fingerprint density at radius 1 is 1.27 bits per heavy atom. The second-order valence-corrected chi connectivity index (χ2v) is 11.5. The summed E-state index contributed by atoms with van der Waals surface area (Å²) in [5.74, 6) is -0.400. The number of dihydropyridines is 1. The van der Waals surface area contributed by atoms with Crippen molar-refractivity contribution in [1.29, 1.82) is 0 Å². The lowest BCUT2D eigenvalue weighted by atomic mass is 9.84. The van der Waals surface area contributed by atoms with Gasteiger partial charge < -0.3 is 15.5 Å². The van der Waals surface area contributed by atoms with Crippen LogP contribution in [0.15, 0.2) is 41.2 Å². The number of nitrogens with zero attached hydrogens (tertiary/aromatic N) is 4. The van der Waals surface area contributed by atoms with E-state index in [1.54, 1.807) is 6.20 Å². The Bertz CT molecular complexity index is 1320. The van der Waals surface area contributed by atoms with Crippen LogP contribution in [-0.4, -0.2) is 72.1 Å². The van der Waals surface area contributed by atoms with Crippen molar-refractivity contribution in [2.45, 2.75) is 72.5 Å². The van der Waals surface area contributed by atoms with Crippen molar-refractivity contribution in [3.63, 3.8) is 0 Å². The molecule has 3 N–H and O–H groups in total. The number of aliphatic imine (C=N–C) groups is 1. The van der Waals surface area contributed by atoms with E-state index in [9.17, 15) is 9.59 Å². The number of likely N-dealkylation sites (N-methyl/N-ethyl adjacent to an activating group) is 1. The predicted molar refractivity (Wildman–Crippen MR) is 167 cm³/mol. The van der Waals surface area contributed by atoms with Crippen molar-refractivity contribution in [1.82, 2.24) is 30.6 Å². The SMILES string of the molecule is CCCC1C=C(C)NC(=O)C1CNC(=O)c1cc(C2=CCC(NCCN(C)CC)N=C2)cc2c1cnn2C(C)CC. The quantitative estimate of drug-likeness (QED) is 0.334. The average Bonchev–Trinajstić information content (AvgIpc) is 3.40. The molecule has 4 atom stereocenters. The maximum absolute atomic E-state index is 13.7. The van der Waals surface area contributed by atoms with Gasteiger partial charge in [-0.2, -0.15) is 5.10 Å². The van der Waals surface area contributed by atoms with Gasteiger partial charge in [-0.3, -0.25) is 24.6 Å². The molecule has 4 rings (SSSR count). The first-order chi connectivity index (χ1) is 19.7. The van der Waals surface area contributed by atoms with Gasteiger partial charge in [-0.1, -0.05) is 39.3 Å². The summed E-state index contributed by atoms with van der Waals surface area (Å²) in [5, 5.41) is 15.0. The Hall–Kier alpha value is -3.30. The van der Waals surface area contributed by atoms with E-state index in [1.807, 2.05) is 23.9 Å². The van der Waals surface area contributed by atoms with Gasteiger partial charge in [0.15, 0.2) is 0 Å². The Kier molecular flexibility index (Phi) is 10.5. The van der Waals surface area contributed by atoms with Crippen molar-refractivity contribution in [3.8, 4) is 0 Å². The minimum absolute atomic E-state index is 0.0275. The van der Waals surface area contributed by atoms with Crippen molar-refractivity contribution >= 4 is 34.5 Å². The van der Waals surface area contributed by atoms with Crippen LogP contribution in [0.4, 0.5) is 0 Å². The van der Waals surface area contributed by atoms with Crippen LogP contribution in [0.1, 0.15) is 82.3 Å². The number of carbonyl (C=O) groups excluding carboxylic acids is 2. The van der Waals surface area contributed by atoms with E-state index in [2.05, 4.69) is 78.9 Å². The highest BCUT2D eigenvalue weighted by atomic mass is 16.2. The molecular formula is C32H47N7O2. The van der Waals surface area contributed by atoms with Gasteiger partial charge in [-0.25, -0.2) is 0 Å². The Labute approximate surface area is 244 Å². The Balaban J connectivity index is 1.57. The summed E-state index contributed by atoms with van der Waals surface area (Å²) < 4.78 is 2.00. The average molecular weight is 562 g/mol. The first kappa shape index (κ1) is 30.7. The smallest absolute Gasteiger partial charge is 0.252 e. The van der Waals surface area contributed by atoms with E-state index >= 15 is 0 Å². The van der Waals surface area contributed by atoms with Gasteiger partial charge in [-0.15, -0.1) is 0 Å². The van der Waals surface area contributed by atoms with Crippen molar-refractivity contribution in [3.05, 3.63) is 47.3 Å². The lowest BCUT2D eigenvalue weighted by molar-refractivity contribution is -0.125. The van der Waals surface area contributed by atoms with E-state index in [1.165, 1.54) is 0 Å². The van der Waals surface area contributed by atoms with Gasteiger partial charge in [0.05, 0.1) is 23.2 Å². The van der Waals surface area contributed by atoms with E-state index in [0.717, 1.165) is 73.1 Å².